The Morgan fingerprint density at radius 1 is 1.25 bits per heavy atom. The number of rotatable bonds is 3. The molecule has 0 saturated heterocycles. The summed E-state index contributed by atoms with van der Waals surface area (Å²) in [5.41, 5.74) is 1.96. The topological polar surface area (TPSA) is 58.6 Å². The van der Waals surface area contributed by atoms with E-state index in [0.717, 1.165) is 5.56 Å². The van der Waals surface area contributed by atoms with Gasteiger partial charge in [0.15, 0.2) is 6.10 Å². The lowest BCUT2D eigenvalue weighted by atomic mass is 10.1. The first kappa shape index (κ1) is 16.0. The molecule has 6 heteroatoms. The Bertz CT molecular complexity index is 789. The van der Waals surface area contributed by atoms with E-state index in [-0.39, 0.29) is 11.8 Å². The van der Waals surface area contributed by atoms with E-state index in [4.69, 9.17) is 4.74 Å². The van der Waals surface area contributed by atoms with Crippen LogP contribution in [0.15, 0.2) is 42.5 Å². The highest BCUT2D eigenvalue weighted by Gasteiger charge is 2.31. The average Bonchev–Trinajstić information content (AvgIpc) is 2.53. The fraction of sp³-hybridized carbons (Fsp3) is 0.222. The van der Waals surface area contributed by atoms with Crippen molar-refractivity contribution in [3.8, 4) is 5.75 Å². The van der Waals surface area contributed by atoms with Crippen molar-refractivity contribution in [2.24, 2.45) is 0 Å². The van der Waals surface area contributed by atoms with Gasteiger partial charge < -0.3 is 15.0 Å². The maximum Gasteiger partial charge on any atom is 0.268 e. The zero-order valence-electron chi connectivity index (χ0n) is 13.4. The van der Waals surface area contributed by atoms with Gasteiger partial charge in [0.25, 0.3) is 5.91 Å². The third-order valence-electron chi connectivity index (χ3n) is 3.74. The summed E-state index contributed by atoms with van der Waals surface area (Å²) in [6.45, 7) is 3.40. The van der Waals surface area contributed by atoms with Gasteiger partial charge in [0, 0.05) is 18.7 Å². The Balaban J connectivity index is 1.87. The number of nitrogens with zero attached hydrogens (tertiary/aromatic N) is 1. The molecule has 124 valence electrons. The van der Waals surface area contributed by atoms with Crippen LogP contribution in [0.3, 0.4) is 0 Å². The van der Waals surface area contributed by atoms with Gasteiger partial charge in [-0.2, -0.15) is 0 Å². The van der Waals surface area contributed by atoms with Crippen LogP contribution in [0, 0.1) is 5.82 Å². The smallest absolute Gasteiger partial charge is 0.268 e. The van der Waals surface area contributed by atoms with Crippen LogP contribution < -0.4 is 15.0 Å². The SMILES string of the molecule is CC(=O)Nc1ccc(CN2C(=O)C(C)Oc3ccc(F)cc32)cc1. The Morgan fingerprint density at radius 3 is 2.62 bits per heavy atom. The molecule has 1 aliphatic rings. The molecule has 24 heavy (non-hydrogen) atoms. The summed E-state index contributed by atoms with van der Waals surface area (Å²) in [5.74, 6) is -0.313. The summed E-state index contributed by atoms with van der Waals surface area (Å²) < 4.78 is 19.1. The average molecular weight is 328 g/mol. The molecule has 0 spiro atoms. The van der Waals surface area contributed by atoms with E-state index in [9.17, 15) is 14.0 Å². The molecule has 0 bridgehead atoms. The zero-order valence-corrected chi connectivity index (χ0v) is 13.4. The van der Waals surface area contributed by atoms with Crippen LogP contribution in [0.5, 0.6) is 5.75 Å². The van der Waals surface area contributed by atoms with Gasteiger partial charge in [-0.15, -0.1) is 0 Å². The number of nitrogens with one attached hydrogen (secondary N) is 1. The van der Waals surface area contributed by atoms with E-state index >= 15 is 0 Å². The quantitative estimate of drug-likeness (QED) is 0.942. The molecule has 5 nitrogen and oxygen atoms in total. The molecule has 0 fully saturated rings. The number of anilines is 2. The molecule has 1 unspecified atom stereocenters. The van der Waals surface area contributed by atoms with Gasteiger partial charge in [0.1, 0.15) is 11.6 Å². The fourth-order valence-corrected chi connectivity index (χ4v) is 2.62. The van der Waals surface area contributed by atoms with E-state index in [0.29, 0.717) is 23.7 Å². The zero-order chi connectivity index (χ0) is 17.3. The summed E-state index contributed by atoms with van der Waals surface area (Å²) in [6, 6.07) is 11.3. The van der Waals surface area contributed by atoms with Crippen LogP contribution in [0.4, 0.5) is 15.8 Å². The minimum Gasteiger partial charge on any atom is -0.479 e. The number of hydrogen-bond acceptors (Lipinski definition) is 3. The van der Waals surface area contributed by atoms with Crippen molar-refractivity contribution in [3.63, 3.8) is 0 Å². The second-order valence-electron chi connectivity index (χ2n) is 5.67. The molecule has 2 aromatic rings. The Morgan fingerprint density at radius 2 is 1.96 bits per heavy atom. The summed E-state index contributed by atoms with van der Waals surface area (Å²) in [6.07, 6.45) is -0.624. The molecule has 1 aliphatic heterocycles. The highest BCUT2D eigenvalue weighted by Crippen LogP contribution is 2.35. The standard InChI is InChI=1S/C18H17FN2O3/c1-11-18(23)21(16-9-14(19)5-8-17(16)24-11)10-13-3-6-15(7-4-13)20-12(2)22/h3-9,11H,10H2,1-2H3,(H,20,22). The largest absolute Gasteiger partial charge is 0.479 e. The molecule has 0 radical (unpaired) electrons. The maximum atomic E-state index is 13.6. The van der Waals surface area contributed by atoms with E-state index in [2.05, 4.69) is 5.32 Å². The Hall–Kier alpha value is -2.89. The number of benzene rings is 2. The van der Waals surface area contributed by atoms with Crippen molar-refractivity contribution >= 4 is 23.2 Å². The molecule has 3 rings (SSSR count). The molecule has 1 atom stereocenters. The monoisotopic (exact) mass is 328 g/mol. The van der Waals surface area contributed by atoms with Gasteiger partial charge in [-0.05, 0) is 36.8 Å². The molecule has 1 N–H and O–H groups in total. The van der Waals surface area contributed by atoms with Crippen LogP contribution in [0.25, 0.3) is 0 Å². The number of amides is 2. The lowest BCUT2D eigenvalue weighted by molar-refractivity contribution is -0.125. The van der Waals surface area contributed by atoms with Gasteiger partial charge in [0.2, 0.25) is 5.91 Å². The Labute approximate surface area is 139 Å². The second kappa shape index (κ2) is 6.31. The lowest BCUT2D eigenvalue weighted by Gasteiger charge is -2.33. The van der Waals surface area contributed by atoms with Gasteiger partial charge in [-0.3, -0.25) is 9.59 Å². The lowest BCUT2D eigenvalue weighted by Crippen LogP contribution is -2.44. The van der Waals surface area contributed by atoms with E-state index in [1.165, 1.54) is 30.0 Å². The summed E-state index contributed by atoms with van der Waals surface area (Å²) in [4.78, 5) is 25.0. The highest BCUT2D eigenvalue weighted by atomic mass is 19.1. The number of halogens is 1. The van der Waals surface area contributed by atoms with Crippen LogP contribution >= 0.6 is 0 Å². The molecular formula is C18H17FN2O3. The van der Waals surface area contributed by atoms with Crippen molar-refractivity contribution in [2.75, 3.05) is 10.2 Å². The third-order valence-corrected chi connectivity index (χ3v) is 3.74. The Kier molecular flexibility index (Phi) is 4.20. The molecule has 0 aliphatic carbocycles. The highest BCUT2D eigenvalue weighted by molar-refractivity contribution is 5.99. The first-order valence-corrected chi connectivity index (χ1v) is 7.58. The van der Waals surface area contributed by atoms with Crippen molar-refractivity contribution in [2.45, 2.75) is 26.5 Å². The number of hydrogen-bond donors (Lipinski definition) is 1. The van der Waals surface area contributed by atoms with Gasteiger partial charge in [0.05, 0.1) is 12.2 Å². The van der Waals surface area contributed by atoms with Crippen LogP contribution in [-0.4, -0.2) is 17.9 Å². The summed E-state index contributed by atoms with van der Waals surface area (Å²) in [7, 11) is 0. The van der Waals surface area contributed by atoms with Crippen molar-refractivity contribution in [1.29, 1.82) is 0 Å². The number of carbonyl (C=O) groups is 2. The van der Waals surface area contributed by atoms with Crippen LogP contribution in [-0.2, 0) is 16.1 Å². The molecule has 0 aromatic heterocycles. The summed E-state index contributed by atoms with van der Waals surface area (Å²) >= 11 is 0. The molecule has 0 saturated carbocycles. The fourth-order valence-electron chi connectivity index (χ4n) is 2.62. The van der Waals surface area contributed by atoms with Gasteiger partial charge >= 0.3 is 0 Å². The van der Waals surface area contributed by atoms with Crippen molar-refractivity contribution < 1.29 is 18.7 Å². The first-order valence-electron chi connectivity index (χ1n) is 7.58. The third kappa shape index (κ3) is 3.22. The normalized spacial score (nSPS) is 16.4. The van der Waals surface area contributed by atoms with Gasteiger partial charge in [-0.1, -0.05) is 12.1 Å². The maximum absolute atomic E-state index is 13.6. The van der Waals surface area contributed by atoms with Crippen LogP contribution in [0.1, 0.15) is 19.4 Å². The predicted octanol–water partition coefficient (Wildman–Crippen LogP) is 3.10. The van der Waals surface area contributed by atoms with E-state index in [1.54, 1.807) is 19.1 Å². The van der Waals surface area contributed by atoms with Crippen molar-refractivity contribution in [3.05, 3.63) is 53.8 Å². The second-order valence-corrected chi connectivity index (χ2v) is 5.67. The summed E-state index contributed by atoms with van der Waals surface area (Å²) in [5, 5.41) is 2.69. The molecule has 2 aromatic carbocycles. The molecule has 2 amide bonds. The van der Waals surface area contributed by atoms with Gasteiger partial charge in [-0.25, -0.2) is 4.39 Å². The van der Waals surface area contributed by atoms with E-state index < -0.39 is 11.9 Å². The number of carbonyl (C=O) groups excluding carboxylic acids is 2. The molecular weight excluding hydrogens is 311 g/mol. The predicted molar refractivity (Wildman–Crippen MR) is 88.4 cm³/mol. The first-order chi connectivity index (χ1) is 11.4. The minimum atomic E-state index is -0.624. The van der Waals surface area contributed by atoms with E-state index in [1.807, 2.05) is 12.1 Å². The van der Waals surface area contributed by atoms with Crippen molar-refractivity contribution in [1.82, 2.24) is 0 Å². The minimum absolute atomic E-state index is 0.149. The number of fused-ring (bicyclic) bond motifs is 1. The number of ether oxygens (including phenoxy) is 1. The molecule has 1 heterocycles. The van der Waals surface area contributed by atoms with Crippen LogP contribution in [0.2, 0.25) is 0 Å².